The van der Waals surface area contributed by atoms with E-state index in [9.17, 15) is 4.79 Å². The fourth-order valence-corrected chi connectivity index (χ4v) is 3.94. The van der Waals surface area contributed by atoms with Gasteiger partial charge in [-0.05, 0) is 38.3 Å². The Morgan fingerprint density at radius 3 is 2.59 bits per heavy atom. The fourth-order valence-electron chi connectivity index (χ4n) is 3.09. The number of ketones is 1. The predicted molar refractivity (Wildman–Crippen MR) is 106 cm³/mol. The van der Waals surface area contributed by atoms with Crippen LogP contribution >= 0.6 is 11.8 Å². The van der Waals surface area contributed by atoms with Crippen LogP contribution in [-0.2, 0) is 4.79 Å². The first-order valence-corrected chi connectivity index (χ1v) is 9.96. The molecule has 1 aromatic carbocycles. The van der Waals surface area contributed by atoms with Gasteiger partial charge in [0.25, 0.3) is 0 Å². The Balaban J connectivity index is 1.87. The van der Waals surface area contributed by atoms with Crippen LogP contribution in [0.15, 0.2) is 35.5 Å². The average molecular weight is 382 g/mol. The third kappa shape index (κ3) is 4.37. The molecule has 27 heavy (non-hydrogen) atoms. The van der Waals surface area contributed by atoms with Crippen molar-refractivity contribution in [2.45, 2.75) is 31.3 Å². The van der Waals surface area contributed by atoms with E-state index in [2.05, 4.69) is 15.1 Å². The number of aromatic nitrogens is 3. The van der Waals surface area contributed by atoms with Crippen molar-refractivity contribution in [2.24, 2.45) is 5.92 Å². The number of nitrogens with zero attached hydrogens (tertiary/aromatic N) is 5. The Bertz CT molecular complexity index is 851. The van der Waals surface area contributed by atoms with Crippen molar-refractivity contribution in [3.05, 3.63) is 30.3 Å². The molecule has 1 saturated heterocycles. The second-order valence-corrected chi connectivity index (χ2v) is 7.44. The second-order valence-electron chi connectivity index (χ2n) is 6.50. The molecule has 1 aromatic heterocycles. The summed E-state index contributed by atoms with van der Waals surface area (Å²) in [5.41, 5.74) is 1.01. The molecule has 1 atom stereocenters. The van der Waals surface area contributed by atoms with Gasteiger partial charge in [-0.25, -0.2) is 0 Å². The molecule has 0 aliphatic carbocycles. The van der Waals surface area contributed by atoms with Crippen molar-refractivity contribution in [1.29, 1.82) is 10.7 Å². The number of hydrogen-bond acceptors (Lipinski definition) is 7. The highest BCUT2D eigenvalue weighted by Crippen LogP contribution is 2.28. The molecule has 8 heteroatoms. The number of piperidine rings is 1. The van der Waals surface area contributed by atoms with Gasteiger partial charge in [0.05, 0.1) is 17.5 Å². The van der Waals surface area contributed by atoms with Crippen LogP contribution in [-0.4, -0.2) is 45.1 Å². The van der Waals surface area contributed by atoms with Gasteiger partial charge in [-0.2, -0.15) is 5.26 Å². The van der Waals surface area contributed by atoms with Gasteiger partial charge in [0, 0.05) is 18.8 Å². The highest BCUT2D eigenvalue weighted by Gasteiger charge is 2.24. The van der Waals surface area contributed by atoms with Crippen LogP contribution in [0.4, 0.5) is 5.95 Å². The molecule has 7 nitrogen and oxygen atoms in total. The third-order valence-electron chi connectivity index (χ3n) is 4.50. The second kappa shape index (κ2) is 8.82. The molecule has 140 valence electrons. The number of thioether (sulfide) groups is 1. The summed E-state index contributed by atoms with van der Waals surface area (Å²) in [6.07, 6.45) is 3.49. The SMILES string of the molecule is CC(=N)C(C#N)C(=O)CSc1nnc(N2CCCCC2)n1-c1ccccc1. The van der Waals surface area contributed by atoms with Crippen LogP contribution in [0.3, 0.4) is 0 Å². The molecule has 0 radical (unpaired) electrons. The van der Waals surface area contributed by atoms with Gasteiger partial charge >= 0.3 is 0 Å². The number of hydrogen-bond donors (Lipinski definition) is 1. The maximum atomic E-state index is 12.3. The van der Waals surface area contributed by atoms with Gasteiger partial charge in [0.2, 0.25) is 5.95 Å². The molecule has 3 rings (SSSR count). The quantitative estimate of drug-likeness (QED) is 0.583. The first-order valence-electron chi connectivity index (χ1n) is 8.97. The molecular weight excluding hydrogens is 360 g/mol. The van der Waals surface area contributed by atoms with E-state index in [0.29, 0.717) is 5.16 Å². The lowest BCUT2D eigenvalue weighted by Gasteiger charge is -2.27. The van der Waals surface area contributed by atoms with Gasteiger partial charge in [0.1, 0.15) is 5.92 Å². The Morgan fingerprint density at radius 1 is 1.26 bits per heavy atom. The van der Waals surface area contributed by atoms with Crippen molar-refractivity contribution in [3.63, 3.8) is 0 Å². The minimum atomic E-state index is -0.993. The highest BCUT2D eigenvalue weighted by atomic mass is 32.2. The standard InChI is InChI=1S/C19H22N6OS/c1-14(21)16(12-20)17(26)13-27-19-23-22-18(24-10-6-3-7-11-24)25(19)15-8-4-2-5-9-15/h2,4-5,8-9,16,21H,3,6-7,10-11,13H2,1H3. The van der Waals surface area contributed by atoms with Crippen LogP contribution in [0.5, 0.6) is 0 Å². The lowest BCUT2D eigenvalue weighted by atomic mass is 10.0. The van der Waals surface area contributed by atoms with Crippen LogP contribution in [0.1, 0.15) is 26.2 Å². The predicted octanol–water partition coefficient (Wildman–Crippen LogP) is 3.10. The molecule has 0 spiro atoms. The molecule has 1 aliphatic rings. The molecule has 1 fully saturated rings. The average Bonchev–Trinajstić information content (AvgIpc) is 3.12. The van der Waals surface area contributed by atoms with E-state index in [1.807, 2.05) is 41.0 Å². The van der Waals surface area contributed by atoms with Crippen LogP contribution < -0.4 is 4.90 Å². The number of nitrogens with one attached hydrogen (secondary N) is 1. The summed E-state index contributed by atoms with van der Waals surface area (Å²) in [4.78, 5) is 14.5. The molecule has 1 N–H and O–H groups in total. The van der Waals surface area contributed by atoms with Crippen molar-refractivity contribution in [1.82, 2.24) is 14.8 Å². The van der Waals surface area contributed by atoms with Crippen LogP contribution in [0.25, 0.3) is 5.69 Å². The third-order valence-corrected chi connectivity index (χ3v) is 5.45. The molecule has 0 amide bonds. The zero-order chi connectivity index (χ0) is 19.2. The van der Waals surface area contributed by atoms with Gasteiger partial charge < -0.3 is 10.3 Å². The summed E-state index contributed by atoms with van der Waals surface area (Å²) in [5.74, 6) is -0.403. The molecular formula is C19H22N6OS. The first kappa shape index (κ1) is 19.1. The Kier molecular flexibility index (Phi) is 6.24. The lowest BCUT2D eigenvalue weighted by molar-refractivity contribution is -0.117. The zero-order valence-electron chi connectivity index (χ0n) is 15.3. The van der Waals surface area contributed by atoms with E-state index in [0.717, 1.165) is 37.6 Å². The molecule has 1 unspecified atom stereocenters. The number of nitriles is 1. The highest BCUT2D eigenvalue weighted by molar-refractivity contribution is 7.99. The summed E-state index contributed by atoms with van der Waals surface area (Å²) in [5, 5.41) is 26.0. The van der Waals surface area contributed by atoms with E-state index in [1.165, 1.54) is 25.1 Å². The van der Waals surface area contributed by atoms with Crippen LogP contribution in [0, 0.1) is 22.7 Å². The molecule has 0 saturated carbocycles. The van der Waals surface area contributed by atoms with E-state index in [4.69, 9.17) is 10.7 Å². The van der Waals surface area contributed by atoms with Gasteiger partial charge in [-0.3, -0.25) is 9.36 Å². The molecule has 1 aliphatic heterocycles. The first-order chi connectivity index (χ1) is 13.1. The van der Waals surface area contributed by atoms with Crippen molar-refractivity contribution < 1.29 is 4.79 Å². The number of anilines is 1. The maximum absolute atomic E-state index is 12.3. The summed E-state index contributed by atoms with van der Waals surface area (Å²) >= 11 is 1.26. The number of para-hydroxylation sites is 1. The summed E-state index contributed by atoms with van der Waals surface area (Å²) < 4.78 is 1.97. The number of carbonyl (C=O) groups is 1. The summed E-state index contributed by atoms with van der Waals surface area (Å²) in [7, 11) is 0. The van der Waals surface area contributed by atoms with Crippen molar-refractivity contribution in [3.8, 4) is 11.8 Å². The number of rotatable bonds is 7. The van der Waals surface area contributed by atoms with E-state index < -0.39 is 5.92 Å². The monoisotopic (exact) mass is 382 g/mol. The minimum Gasteiger partial charge on any atom is -0.341 e. The fraction of sp³-hybridized carbons (Fsp3) is 0.421. The molecule has 0 bridgehead atoms. The lowest BCUT2D eigenvalue weighted by Crippen LogP contribution is -2.31. The maximum Gasteiger partial charge on any atom is 0.232 e. The Hall–Kier alpha value is -2.66. The number of benzene rings is 1. The smallest absolute Gasteiger partial charge is 0.232 e. The van der Waals surface area contributed by atoms with Gasteiger partial charge in [-0.15, -0.1) is 10.2 Å². The normalized spacial score (nSPS) is 15.2. The summed E-state index contributed by atoms with van der Waals surface area (Å²) in [6.45, 7) is 3.37. The molecule has 2 aromatic rings. The van der Waals surface area contributed by atoms with E-state index >= 15 is 0 Å². The Morgan fingerprint density at radius 2 is 1.96 bits per heavy atom. The van der Waals surface area contributed by atoms with E-state index in [-0.39, 0.29) is 17.2 Å². The van der Waals surface area contributed by atoms with Gasteiger partial charge in [0.15, 0.2) is 10.9 Å². The van der Waals surface area contributed by atoms with Gasteiger partial charge in [-0.1, -0.05) is 30.0 Å². The van der Waals surface area contributed by atoms with E-state index in [1.54, 1.807) is 0 Å². The van der Waals surface area contributed by atoms with Crippen LogP contribution in [0.2, 0.25) is 0 Å². The topological polar surface area (TPSA) is 98.7 Å². The largest absolute Gasteiger partial charge is 0.341 e. The van der Waals surface area contributed by atoms with Crippen molar-refractivity contribution in [2.75, 3.05) is 23.7 Å². The summed E-state index contributed by atoms with van der Waals surface area (Å²) in [6, 6.07) is 11.7. The Labute approximate surface area is 162 Å². The van der Waals surface area contributed by atoms with Crippen molar-refractivity contribution >= 4 is 29.2 Å². The zero-order valence-corrected chi connectivity index (χ0v) is 16.1. The molecule has 2 heterocycles. The number of Topliss-reactive ketones (excluding diaryl/α,β-unsaturated/α-hetero) is 1. The minimum absolute atomic E-state index is 0.0710. The number of carbonyl (C=O) groups excluding carboxylic acids is 1.